The first kappa shape index (κ1) is 19.3. The number of para-hydroxylation sites is 1. The summed E-state index contributed by atoms with van der Waals surface area (Å²) in [6, 6.07) is 14.2. The average molecular weight is 412 g/mol. The minimum Gasteiger partial charge on any atom is -0.361 e. The summed E-state index contributed by atoms with van der Waals surface area (Å²) in [4.78, 5) is 20.6. The molecule has 0 aliphatic carbocycles. The van der Waals surface area contributed by atoms with Crippen LogP contribution in [0.1, 0.15) is 36.8 Å². The lowest BCUT2D eigenvalue weighted by atomic mass is 10.0. The van der Waals surface area contributed by atoms with Crippen molar-refractivity contribution in [1.82, 2.24) is 19.7 Å². The van der Waals surface area contributed by atoms with Gasteiger partial charge >= 0.3 is 5.69 Å². The summed E-state index contributed by atoms with van der Waals surface area (Å²) < 4.78 is 7.13. The van der Waals surface area contributed by atoms with Crippen molar-refractivity contribution in [3.05, 3.63) is 76.2 Å². The molecule has 31 heavy (non-hydrogen) atoms. The maximum atomic E-state index is 13.0. The van der Waals surface area contributed by atoms with E-state index in [1.54, 1.807) is 10.8 Å². The van der Waals surface area contributed by atoms with Crippen LogP contribution in [0.5, 0.6) is 0 Å². The standard InChI is InChI=1S/C25H24N4O2/c1-4-5-8-17-9-6-7-10-22(17)29-24-19-12-11-18(23-15(2)28-31-16(23)3)13-20(19)26-14-21(24)27-25(29)30/h6-7,9-14H,4-5,8H2,1-3H3,(H,27,30). The van der Waals surface area contributed by atoms with Gasteiger partial charge in [-0.15, -0.1) is 0 Å². The Hall–Kier alpha value is -3.67. The van der Waals surface area contributed by atoms with Gasteiger partial charge in [0.15, 0.2) is 0 Å². The Morgan fingerprint density at radius 1 is 1.13 bits per heavy atom. The van der Waals surface area contributed by atoms with Gasteiger partial charge in [-0.3, -0.25) is 9.55 Å². The molecule has 5 aromatic rings. The van der Waals surface area contributed by atoms with Gasteiger partial charge in [0.1, 0.15) is 5.76 Å². The molecule has 0 fully saturated rings. The molecule has 3 aromatic heterocycles. The van der Waals surface area contributed by atoms with Gasteiger partial charge in [-0.25, -0.2) is 4.79 Å². The van der Waals surface area contributed by atoms with E-state index < -0.39 is 0 Å². The number of aryl methyl sites for hydroxylation is 3. The zero-order chi connectivity index (χ0) is 21.5. The number of unbranched alkanes of at least 4 members (excludes halogenated alkanes) is 1. The van der Waals surface area contributed by atoms with Gasteiger partial charge in [0.2, 0.25) is 0 Å². The molecule has 1 N–H and O–H groups in total. The van der Waals surface area contributed by atoms with Gasteiger partial charge in [0.25, 0.3) is 0 Å². The lowest BCUT2D eigenvalue weighted by molar-refractivity contribution is 0.393. The Morgan fingerprint density at radius 3 is 2.74 bits per heavy atom. The number of hydrogen-bond donors (Lipinski definition) is 1. The molecule has 3 heterocycles. The normalized spacial score (nSPS) is 11.6. The van der Waals surface area contributed by atoms with Crippen LogP contribution in [-0.2, 0) is 6.42 Å². The van der Waals surface area contributed by atoms with Crippen LogP contribution in [-0.4, -0.2) is 19.7 Å². The molecule has 2 aromatic carbocycles. The van der Waals surface area contributed by atoms with Crippen molar-refractivity contribution < 1.29 is 4.52 Å². The van der Waals surface area contributed by atoms with Crippen molar-refractivity contribution in [2.75, 3.05) is 0 Å². The molecule has 0 unspecified atom stereocenters. The topological polar surface area (TPSA) is 76.7 Å². The van der Waals surface area contributed by atoms with E-state index in [2.05, 4.69) is 28.1 Å². The van der Waals surface area contributed by atoms with Crippen LogP contribution >= 0.6 is 0 Å². The third-order valence-electron chi connectivity index (χ3n) is 5.86. The van der Waals surface area contributed by atoms with Crippen LogP contribution in [0.2, 0.25) is 0 Å². The maximum Gasteiger partial charge on any atom is 0.331 e. The zero-order valence-electron chi connectivity index (χ0n) is 17.9. The molecule has 0 saturated heterocycles. The summed E-state index contributed by atoms with van der Waals surface area (Å²) in [5, 5.41) is 5.00. The highest BCUT2D eigenvalue weighted by Crippen LogP contribution is 2.32. The predicted octanol–water partition coefficient (Wildman–Crippen LogP) is 5.48. The molecule has 5 rings (SSSR count). The van der Waals surface area contributed by atoms with Crippen molar-refractivity contribution >= 4 is 21.9 Å². The average Bonchev–Trinajstić information content (AvgIpc) is 3.30. The number of aromatic amines is 1. The summed E-state index contributed by atoms with van der Waals surface area (Å²) in [6.45, 7) is 6.02. The fourth-order valence-electron chi connectivity index (χ4n) is 4.37. The number of imidazole rings is 1. The van der Waals surface area contributed by atoms with E-state index in [0.29, 0.717) is 0 Å². The minimum absolute atomic E-state index is 0.150. The number of H-pyrrole nitrogens is 1. The van der Waals surface area contributed by atoms with Gasteiger partial charge in [0.05, 0.1) is 34.1 Å². The van der Waals surface area contributed by atoms with E-state index >= 15 is 0 Å². The summed E-state index contributed by atoms with van der Waals surface area (Å²) in [5.74, 6) is 0.779. The summed E-state index contributed by atoms with van der Waals surface area (Å²) in [5.41, 5.74) is 7.19. The maximum absolute atomic E-state index is 13.0. The van der Waals surface area contributed by atoms with Crippen molar-refractivity contribution in [3.63, 3.8) is 0 Å². The second-order valence-electron chi connectivity index (χ2n) is 7.95. The highest BCUT2D eigenvalue weighted by Gasteiger charge is 2.17. The van der Waals surface area contributed by atoms with Gasteiger partial charge < -0.3 is 9.51 Å². The lowest BCUT2D eigenvalue weighted by Crippen LogP contribution is -2.16. The van der Waals surface area contributed by atoms with Crippen LogP contribution in [0, 0.1) is 13.8 Å². The van der Waals surface area contributed by atoms with Crippen LogP contribution in [0.4, 0.5) is 0 Å². The summed E-state index contributed by atoms with van der Waals surface area (Å²) in [6.07, 6.45) is 4.86. The van der Waals surface area contributed by atoms with Crippen LogP contribution in [0.25, 0.3) is 38.8 Å². The zero-order valence-corrected chi connectivity index (χ0v) is 17.9. The van der Waals surface area contributed by atoms with Crippen molar-refractivity contribution in [2.45, 2.75) is 40.0 Å². The fraction of sp³-hybridized carbons (Fsp3) is 0.240. The molecule has 6 heteroatoms. The molecule has 6 nitrogen and oxygen atoms in total. The first-order chi connectivity index (χ1) is 15.1. The molecule has 0 aliphatic heterocycles. The number of hydrogen-bond acceptors (Lipinski definition) is 4. The number of aromatic nitrogens is 4. The Balaban J connectivity index is 1.76. The van der Waals surface area contributed by atoms with Crippen molar-refractivity contribution in [3.8, 4) is 16.8 Å². The highest BCUT2D eigenvalue weighted by molar-refractivity contribution is 6.04. The first-order valence-corrected chi connectivity index (χ1v) is 10.6. The van der Waals surface area contributed by atoms with E-state index in [9.17, 15) is 4.79 Å². The van der Waals surface area contributed by atoms with Crippen LogP contribution < -0.4 is 5.69 Å². The number of nitrogens with zero attached hydrogens (tertiary/aromatic N) is 3. The molecule has 0 aliphatic rings. The molecule has 0 radical (unpaired) electrons. The van der Waals surface area contributed by atoms with Crippen molar-refractivity contribution in [2.24, 2.45) is 0 Å². The number of benzene rings is 2. The molecule has 0 spiro atoms. The molecule has 0 bridgehead atoms. The van der Waals surface area contributed by atoms with E-state index in [4.69, 9.17) is 4.52 Å². The second-order valence-corrected chi connectivity index (χ2v) is 7.95. The predicted molar refractivity (Wildman–Crippen MR) is 123 cm³/mol. The molecule has 156 valence electrons. The molecular formula is C25H24N4O2. The molecular weight excluding hydrogens is 388 g/mol. The minimum atomic E-state index is -0.150. The van der Waals surface area contributed by atoms with E-state index in [1.165, 1.54) is 5.56 Å². The van der Waals surface area contributed by atoms with E-state index in [1.807, 2.05) is 50.2 Å². The Morgan fingerprint density at radius 2 is 1.97 bits per heavy atom. The third kappa shape index (κ3) is 3.15. The van der Waals surface area contributed by atoms with Gasteiger partial charge in [0, 0.05) is 10.9 Å². The molecule has 0 atom stereocenters. The van der Waals surface area contributed by atoms with Gasteiger partial charge in [-0.05, 0) is 56.0 Å². The van der Waals surface area contributed by atoms with Crippen molar-refractivity contribution in [1.29, 1.82) is 0 Å². The van der Waals surface area contributed by atoms with Gasteiger partial charge in [-0.2, -0.15) is 0 Å². The first-order valence-electron chi connectivity index (χ1n) is 10.6. The number of rotatable bonds is 5. The fourth-order valence-corrected chi connectivity index (χ4v) is 4.37. The summed E-state index contributed by atoms with van der Waals surface area (Å²) in [7, 11) is 0. The summed E-state index contributed by atoms with van der Waals surface area (Å²) >= 11 is 0. The Kier molecular flexibility index (Phi) is 4.70. The smallest absolute Gasteiger partial charge is 0.331 e. The monoisotopic (exact) mass is 412 g/mol. The Labute approximate surface area is 179 Å². The molecule has 0 amide bonds. The van der Waals surface area contributed by atoms with Crippen LogP contribution in [0.15, 0.2) is 58.0 Å². The SMILES string of the molecule is CCCCc1ccccc1-n1c(=O)[nH]c2cnc3cc(-c4c(C)noc4C)ccc3c21. The number of fused-ring (bicyclic) bond motifs is 3. The van der Waals surface area contributed by atoms with Crippen LogP contribution in [0.3, 0.4) is 0 Å². The highest BCUT2D eigenvalue weighted by atomic mass is 16.5. The van der Waals surface area contributed by atoms with Gasteiger partial charge in [-0.1, -0.05) is 42.8 Å². The second kappa shape index (κ2) is 7.54. The Bertz CT molecular complexity index is 1450. The quantitative estimate of drug-likeness (QED) is 0.415. The van der Waals surface area contributed by atoms with E-state index in [0.717, 1.165) is 69.5 Å². The molecule has 0 saturated carbocycles. The lowest BCUT2D eigenvalue weighted by Gasteiger charge is -2.12. The third-order valence-corrected chi connectivity index (χ3v) is 5.86. The van der Waals surface area contributed by atoms with E-state index in [-0.39, 0.29) is 5.69 Å². The number of nitrogens with one attached hydrogen (secondary N) is 1. The number of pyridine rings is 1. The largest absolute Gasteiger partial charge is 0.361 e.